The third-order valence-corrected chi connectivity index (χ3v) is 2.04. The number of hydrogen-bond acceptors (Lipinski definition) is 3. The van der Waals surface area contributed by atoms with E-state index in [4.69, 9.17) is 21.1 Å². The second-order valence-electron chi connectivity index (χ2n) is 2.84. The molecular formula is C11H14ClNO2. The van der Waals surface area contributed by atoms with Crippen molar-refractivity contribution >= 4 is 17.3 Å². The summed E-state index contributed by atoms with van der Waals surface area (Å²) >= 11 is 5.41. The van der Waals surface area contributed by atoms with Crippen molar-refractivity contribution in [2.24, 2.45) is 0 Å². The highest BCUT2D eigenvalue weighted by Gasteiger charge is 2.00. The van der Waals surface area contributed by atoms with Gasteiger partial charge >= 0.3 is 0 Å². The molecule has 82 valence electrons. The van der Waals surface area contributed by atoms with Gasteiger partial charge in [0.1, 0.15) is 11.5 Å². The van der Waals surface area contributed by atoms with Crippen molar-refractivity contribution < 1.29 is 9.47 Å². The zero-order valence-electron chi connectivity index (χ0n) is 8.79. The number of anilines is 1. The van der Waals surface area contributed by atoms with Crippen LogP contribution in [0.25, 0.3) is 0 Å². The van der Waals surface area contributed by atoms with E-state index in [1.807, 2.05) is 24.3 Å². The number of nitrogens with one attached hydrogen (secondary N) is 1. The Kier molecular flexibility index (Phi) is 4.84. The van der Waals surface area contributed by atoms with E-state index in [1.165, 1.54) is 5.54 Å². The molecule has 3 nitrogen and oxygen atoms in total. The fourth-order valence-corrected chi connectivity index (χ4v) is 1.22. The first-order valence-corrected chi connectivity index (χ1v) is 4.96. The number of halogens is 1. The van der Waals surface area contributed by atoms with Gasteiger partial charge in [-0.05, 0) is 0 Å². The summed E-state index contributed by atoms with van der Waals surface area (Å²) in [6.45, 7) is 0.666. The quantitative estimate of drug-likeness (QED) is 0.839. The summed E-state index contributed by atoms with van der Waals surface area (Å²) in [5.41, 5.74) is 2.41. The highest BCUT2D eigenvalue weighted by atomic mass is 35.5. The number of methoxy groups -OCH3 is 2. The molecule has 1 aromatic carbocycles. The normalized spacial score (nSPS) is 10.3. The zero-order chi connectivity index (χ0) is 11.1. The number of benzene rings is 1. The molecule has 0 heterocycles. The van der Waals surface area contributed by atoms with Crippen LogP contribution in [-0.2, 0) is 0 Å². The topological polar surface area (TPSA) is 30.5 Å². The van der Waals surface area contributed by atoms with E-state index in [9.17, 15) is 0 Å². The molecule has 15 heavy (non-hydrogen) atoms. The van der Waals surface area contributed by atoms with E-state index in [0.717, 1.165) is 17.2 Å². The van der Waals surface area contributed by atoms with Crippen LogP contribution in [0.3, 0.4) is 0 Å². The van der Waals surface area contributed by atoms with Crippen molar-refractivity contribution in [2.45, 2.75) is 0 Å². The van der Waals surface area contributed by atoms with Gasteiger partial charge in [0.25, 0.3) is 0 Å². The Morgan fingerprint density at radius 3 is 2.27 bits per heavy atom. The van der Waals surface area contributed by atoms with Crippen LogP contribution in [0.4, 0.5) is 5.69 Å². The molecule has 0 spiro atoms. The Morgan fingerprint density at radius 2 is 1.80 bits per heavy atom. The first-order valence-electron chi connectivity index (χ1n) is 4.52. The van der Waals surface area contributed by atoms with Crippen molar-refractivity contribution in [1.82, 2.24) is 0 Å². The molecule has 0 bridgehead atoms. The van der Waals surface area contributed by atoms with Gasteiger partial charge in [-0.25, -0.2) is 0 Å². The third-order valence-electron chi connectivity index (χ3n) is 1.86. The van der Waals surface area contributed by atoms with E-state index < -0.39 is 0 Å². The lowest BCUT2D eigenvalue weighted by Crippen LogP contribution is -1.99. The Balaban J connectivity index is 2.77. The summed E-state index contributed by atoms with van der Waals surface area (Å²) < 4.78 is 10.3. The summed E-state index contributed by atoms with van der Waals surface area (Å²) in [5.74, 6) is 1.51. The van der Waals surface area contributed by atoms with Crippen LogP contribution in [0, 0.1) is 0 Å². The van der Waals surface area contributed by atoms with Crippen molar-refractivity contribution in [3.05, 3.63) is 29.8 Å². The van der Waals surface area contributed by atoms with Gasteiger partial charge in [-0.3, -0.25) is 0 Å². The smallest absolute Gasteiger partial charge is 0.124 e. The lowest BCUT2D eigenvalue weighted by atomic mass is 10.2. The van der Waals surface area contributed by atoms with E-state index in [0.29, 0.717) is 6.54 Å². The summed E-state index contributed by atoms with van der Waals surface area (Å²) in [4.78, 5) is 0. The summed E-state index contributed by atoms with van der Waals surface area (Å²) in [5, 5.41) is 3.16. The van der Waals surface area contributed by atoms with Crippen molar-refractivity contribution in [1.29, 1.82) is 0 Å². The van der Waals surface area contributed by atoms with Crippen molar-refractivity contribution in [3.63, 3.8) is 0 Å². The lowest BCUT2D eigenvalue weighted by molar-refractivity contribution is 0.394. The molecule has 0 aliphatic rings. The largest absolute Gasteiger partial charge is 0.497 e. The van der Waals surface area contributed by atoms with Crippen LogP contribution in [0.5, 0.6) is 11.5 Å². The molecule has 0 amide bonds. The van der Waals surface area contributed by atoms with E-state index in [2.05, 4.69) is 5.32 Å². The van der Waals surface area contributed by atoms with Crippen LogP contribution < -0.4 is 14.8 Å². The van der Waals surface area contributed by atoms with Gasteiger partial charge in [0.2, 0.25) is 0 Å². The maximum Gasteiger partial charge on any atom is 0.124 e. The lowest BCUT2D eigenvalue weighted by Gasteiger charge is -2.09. The molecule has 0 atom stereocenters. The van der Waals surface area contributed by atoms with Crippen molar-refractivity contribution in [2.75, 3.05) is 26.1 Å². The highest BCUT2D eigenvalue weighted by molar-refractivity contribution is 6.25. The second-order valence-corrected chi connectivity index (χ2v) is 3.10. The molecule has 0 aromatic heterocycles. The van der Waals surface area contributed by atoms with Gasteiger partial charge in [-0.2, -0.15) is 0 Å². The minimum absolute atomic E-state index is 0.666. The fraction of sp³-hybridized carbons (Fsp3) is 0.273. The standard InChI is InChI=1S/C11H14ClNO2/c1-14-10-6-9(13-5-3-4-12)7-11(8-10)15-2/h3-4,6-8,13H,5H2,1-2H3/b4-3+. The van der Waals surface area contributed by atoms with Gasteiger partial charge in [0.05, 0.1) is 14.2 Å². The molecule has 1 N–H and O–H groups in total. The summed E-state index contributed by atoms with van der Waals surface area (Å²) in [6.07, 6.45) is 1.81. The predicted molar refractivity (Wildman–Crippen MR) is 63.0 cm³/mol. The molecule has 0 radical (unpaired) electrons. The Bertz CT molecular complexity index is 317. The maximum absolute atomic E-state index is 5.41. The van der Waals surface area contributed by atoms with Crippen LogP contribution >= 0.6 is 11.6 Å². The highest BCUT2D eigenvalue weighted by Crippen LogP contribution is 2.25. The molecule has 0 saturated carbocycles. The minimum Gasteiger partial charge on any atom is -0.497 e. The van der Waals surface area contributed by atoms with E-state index >= 15 is 0 Å². The van der Waals surface area contributed by atoms with Crippen LogP contribution in [0.1, 0.15) is 0 Å². The number of rotatable bonds is 5. The average Bonchev–Trinajstić information content (AvgIpc) is 2.29. The zero-order valence-corrected chi connectivity index (χ0v) is 9.54. The fourth-order valence-electron chi connectivity index (χ4n) is 1.13. The molecule has 1 rings (SSSR count). The molecule has 0 fully saturated rings. The Labute approximate surface area is 94.6 Å². The molecule has 0 aliphatic carbocycles. The van der Waals surface area contributed by atoms with Crippen LogP contribution in [-0.4, -0.2) is 20.8 Å². The van der Waals surface area contributed by atoms with Gasteiger partial charge < -0.3 is 14.8 Å². The molecule has 0 unspecified atom stereocenters. The minimum atomic E-state index is 0.666. The average molecular weight is 228 g/mol. The first-order chi connectivity index (χ1) is 7.30. The van der Waals surface area contributed by atoms with E-state index in [1.54, 1.807) is 14.2 Å². The van der Waals surface area contributed by atoms with Gasteiger partial charge in [-0.15, -0.1) is 0 Å². The second kappa shape index (κ2) is 6.19. The SMILES string of the molecule is COc1cc(NC/C=C/Cl)cc(OC)c1. The van der Waals surface area contributed by atoms with Crippen LogP contribution in [0.15, 0.2) is 29.8 Å². The van der Waals surface area contributed by atoms with Gasteiger partial charge in [-0.1, -0.05) is 17.7 Å². The third kappa shape index (κ3) is 3.72. The number of hydrogen-bond donors (Lipinski definition) is 1. The number of ether oxygens (including phenoxy) is 2. The first kappa shape index (κ1) is 11.7. The Morgan fingerprint density at radius 1 is 1.20 bits per heavy atom. The molecule has 1 aromatic rings. The molecular weight excluding hydrogens is 214 g/mol. The van der Waals surface area contributed by atoms with Gasteiger partial charge in [0.15, 0.2) is 0 Å². The van der Waals surface area contributed by atoms with E-state index in [-0.39, 0.29) is 0 Å². The maximum atomic E-state index is 5.41. The summed E-state index contributed by atoms with van der Waals surface area (Å²) in [6, 6.07) is 5.61. The summed E-state index contributed by atoms with van der Waals surface area (Å²) in [7, 11) is 3.24. The van der Waals surface area contributed by atoms with Gasteiger partial charge in [0, 0.05) is 36.0 Å². The van der Waals surface area contributed by atoms with Crippen molar-refractivity contribution in [3.8, 4) is 11.5 Å². The van der Waals surface area contributed by atoms with Crippen LogP contribution in [0.2, 0.25) is 0 Å². The molecule has 0 saturated heterocycles. The Hall–Kier alpha value is -1.35. The monoisotopic (exact) mass is 227 g/mol. The predicted octanol–water partition coefficient (Wildman–Crippen LogP) is 2.87. The molecule has 0 aliphatic heterocycles. The molecule has 4 heteroatoms.